The molecule has 0 radical (unpaired) electrons. The Kier molecular flexibility index (Phi) is 4.29. The van der Waals surface area contributed by atoms with E-state index in [0.717, 1.165) is 0 Å². The second kappa shape index (κ2) is 6.54. The van der Waals surface area contributed by atoms with Crippen molar-refractivity contribution in [2.24, 2.45) is 5.92 Å². The number of nitrogens with zero attached hydrogens (tertiary/aromatic N) is 1. The zero-order valence-electron chi connectivity index (χ0n) is 13.1. The molecule has 2 amide bonds. The van der Waals surface area contributed by atoms with Gasteiger partial charge in [-0.3, -0.25) is 14.4 Å². The van der Waals surface area contributed by atoms with Crippen molar-refractivity contribution >= 4 is 29.0 Å². The van der Waals surface area contributed by atoms with Gasteiger partial charge < -0.3 is 15.0 Å². The largest absolute Gasteiger partial charge is 0.497 e. The van der Waals surface area contributed by atoms with Crippen LogP contribution in [0.5, 0.6) is 5.75 Å². The summed E-state index contributed by atoms with van der Waals surface area (Å²) in [6, 6.07) is 15.6. The third-order valence-electron chi connectivity index (χ3n) is 3.82. The van der Waals surface area contributed by atoms with E-state index in [1.807, 2.05) is 6.07 Å². The second-order valence-electron chi connectivity index (χ2n) is 5.38. The lowest BCUT2D eigenvalue weighted by molar-refractivity contribution is -0.134. The van der Waals surface area contributed by atoms with E-state index in [1.165, 1.54) is 12.0 Å². The molecule has 24 heavy (non-hydrogen) atoms. The molecule has 6 heteroatoms. The first kappa shape index (κ1) is 15.7. The van der Waals surface area contributed by atoms with Crippen LogP contribution in [0.1, 0.15) is 0 Å². The van der Waals surface area contributed by atoms with E-state index in [1.54, 1.807) is 48.5 Å². The number of methoxy groups -OCH3 is 1. The molecule has 0 saturated carbocycles. The molecular weight excluding hydrogens is 308 g/mol. The number of nitrogens with one attached hydrogen (secondary N) is 1. The predicted molar refractivity (Wildman–Crippen MR) is 88.9 cm³/mol. The van der Waals surface area contributed by atoms with Crippen LogP contribution in [0.4, 0.5) is 11.4 Å². The fourth-order valence-corrected chi connectivity index (χ4v) is 2.62. The maximum atomic E-state index is 12.5. The van der Waals surface area contributed by atoms with Crippen LogP contribution < -0.4 is 15.0 Å². The molecule has 2 aromatic carbocycles. The Morgan fingerprint density at radius 3 is 2.58 bits per heavy atom. The minimum absolute atomic E-state index is 0.0982. The first-order valence-electron chi connectivity index (χ1n) is 7.44. The van der Waals surface area contributed by atoms with Crippen molar-refractivity contribution in [1.29, 1.82) is 0 Å². The van der Waals surface area contributed by atoms with Gasteiger partial charge >= 0.3 is 0 Å². The van der Waals surface area contributed by atoms with Gasteiger partial charge in [0.15, 0.2) is 11.7 Å². The molecule has 0 unspecified atom stereocenters. The highest BCUT2D eigenvalue weighted by atomic mass is 16.5. The monoisotopic (exact) mass is 324 g/mol. The smallest absolute Gasteiger partial charge is 0.247 e. The quantitative estimate of drug-likeness (QED) is 0.871. The van der Waals surface area contributed by atoms with Crippen LogP contribution in [0.2, 0.25) is 0 Å². The van der Waals surface area contributed by atoms with E-state index in [4.69, 9.17) is 4.74 Å². The van der Waals surface area contributed by atoms with Crippen LogP contribution in [-0.2, 0) is 14.4 Å². The van der Waals surface area contributed by atoms with Gasteiger partial charge in [0.1, 0.15) is 5.75 Å². The van der Waals surface area contributed by atoms with Gasteiger partial charge in [0.2, 0.25) is 11.8 Å². The van der Waals surface area contributed by atoms with Gasteiger partial charge in [-0.2, -0.15) is 0 Å². The fraction of sp³-hybridized carbons (Fsp3) is 0.167. The number of anilines is 2. The van der Waals surface area contributed by atoms with Crippen LogP contribution in [0, 0.1) is 5.92 Å². The molecular formula is C18H16N2O4. The van der Waals surface area contributed by atoms with E-state index in [2.05, 4.69) is 5.32 Å². The Balaban J connectivity index is 1.77. The summed E-state index contributed by atoms with van der Waals surface area (Å²) in [6.45, 7) is -0.0982. The molecule has 3 rings (SSSR count). The number of hydrogen-bond acceptors (Lipinski definition) is 4. The Morgan fingerprint density at radius 1 is 1.12 bits per heavy atom. The van der Waals surface area contributed by atoms with Crippen molar-refractivity contribution in [1.82, 2.24) is 0 Å². The van der Waals surface area contributed by atoms with E-state index >= 15 is 0 Å². The van der Waals surface area contributed by atoms with Crippen molar-refractivity contribution in [2.75, 3.05) is 23.9 Å². The van der Waals surface area contributed by atoms with E-state index in [0.29, 0.717) is 17.1 Å². The number of hydrogen-bond donors (Lipinski definition) is 1. The van der Waals surface area contributed by atoms with Crippen LogP contribution in [0.25, 0.3) is 0 Å². The highest BCUT2D eigenvalue weighted by Crippen LogP contribution is 2.24. The maximum absolute atomic E-state index is 12.5. The summed E-state index contributed by atoms with van der Waals surface area (Å²) >= 11 is 0. The van der Waals surface area contributed by atoms with Gasteiger partial charge in [-0.1, -0.05) is 24.3 Å². The summed E-state index contributed by atoms with van der Waals surface area (Å²) in [7, 11) is 1.52. The van der Waals surface area contributed by atoms with E-state index < -0.39 is 23.5 Å². The molecule has 1 saturated heterocycles. The molecule has 1 heterocycles. The maximum Gasteiger partial charge on any atom is 0.247 e. The molecule has 0 aliphatic carbocycles. The summed E-state index contributed by atoms with van der Waals surface area (Å²) < 4.78 is 5.09. The lowest BCUT2D eigenvalue weighted by atomic mass is 10.1. The third kappa shape index (κ3) is 2.99. The summed E-state index contributed by atoms with van der Waals surface area (Å²) in [6.07, 6.45) is 0. The van der Waals surface area contributed by atoms with Crippen molar-refractivity contribution in [3.05, 3.63) is 54.6 Å². The molecule has 1 aliphatic rings. The molecule has 2 aromatic rings. The summed E-state index contributed by atoms with van der Waals surface area (Å²) in [5.41, 5.74) is 1.07. The molecule has 122 valence electrons. The van der Waals surface area contributed by atoms with Crippen molar-refractivity contribution in [3.8, 4) is 5.75 Å². The average Bonchev–Trinajstić information content (AvgIpc) is 2.90. The first-order chi connectivity index (χ1) is 11.6. The van der Waals surface area contributed by atoms with Gasteiger partial charge in [-0.05, 0) is 24.3 Å². The molecule has 0 bridgehead atoms. The fourth-order valence-electron chi connectivity index (χ4n) is 2.62. The standard InChI is InChI=1S/C18H16N2O4/c1-24-14-9-5-6-12(10-14)19-17(22)16-15(21)11-20(18(16)23)13-7-3-2-4-8-13/h2-10,16H,11H2,1H3,(H,19,22)/t16-/m0/s1. The number of ketones is 1. The lowest BCUT2D eigenvalue weighted by Gasteiger charge is -2.15. The number of para-hydroxylation sites is 1. The Morgan fingerprint density at radius 2 is 1.88 bits per heavy atom. The molecule has 1 aliphatic heterocycles. The van der Waals surface area contributed by atoms with E-state index in [-0.39, 0.29) is 6.54 Å². The first-order valence-corrected chi connectivity index (χ1v) is 7.44. The molecule has 0 spiro atoms. The Labute approximate surface area is 139 Å². The molecule has 0 aromatic heterocycles. The van der Waals surface area contributed by atoms with Crippen molar-refractivity contribution < 1.29 is 19.1 Å². The Bertz CT molecular complexity index is 789. The highest BCUT2D eigenvalue weighted by Gasteiger charge is 2.44. The van der Waals surface area contributed by atoms with E-state index in [9.17, 15) is 14.4 Å². The number of Topliss-reactive ketones (excluding diaryl/α,β-unsaturated/α-hetero) is 1. The van der Waals surface area contributed by atoms with Gasteiger partial charge in [0, 0.05) is 17.4 Å². The molecule has 6 nitrogen and oxygen atoms in total. The number of carbonyl (C=O) groups excluding carboxylic acids is 3. The molecule has 1 fully saturated rings. The summed E-state index contributed by atoms with van der Waals surface area (Å²) in [5, 5.41) is 2.60. The molecule has 1 atom stereocenters. The highest BCUT2D eigenvalue weighted by molar-refractivity contribution is 6.30. The Hall–Kier alpha value is -3.15. The lowest BCUT2D eigenvalue weighted by Crippen LogP contribution is -2.34. The zero-order chi connectivity index (χ0) is 17.1. The van der Waals surface area contributed by atoms with Gasteiger partial charge in [0.25, 0.3) is 0 Å². The summed E-state index contributed by atoms with van der Waals surface area (Å²) in [5.74, 6) is -2.30. The topological polar surface area (TPSA) is 75.7 Å². The van der Waals surface area contributed by atoms with Crippen molar-refractivity contribution in [2.45, 2.75) is 0 Å². The van der Waals surface area contributed by atoms with Crippen LogP contribution in [0.15, 0.2) is 54.6 Å². The summed E-state index contributed by atoms with van der Waals surface area (Å²) in [4.78, 5) is 38.4. The minimum Gasteiger partial charge on any atom is -0.497 e. The number of amides is 2. The predicted octanol–water partition coefficient (Wildman–Crippen LogP) is 1.87. The van der Waals surface area contributed by atoms with Crippen LogP contribution in [0.3, 0.4) is 0 Å². The van der Waals surface area contributed by atoms with Gasteiger partial charge in [0.05, 0.1) is 13.7 Å². The number of rotatable bonds is 4. The van der Waals surface area contributed by atoms with Crippen LogP contribution >= 0.6 is 0 Å². The minimum atomic E-state index is -1.32. The van der Waals surface area contributed by atoms with Gasteiger partial charge in [-0.15, -0.1) is 0 Å². The normalized spacial score (nSPS) is 17.0. The van der Waals surface area contributed by atoms with Crippen LogP contribution in [-0.4, -0.2) is 31.3 Å². The second-order valence-corrected chi connectivity index (χ2v) is 5.38. The van der Waals surface area contributed by atoms with Gasteiger partial charge in [-0.25, -0.2) is 0 Å². The average molecular weight is 324 g/mol. The molecule has 1 N–H and O–H groups in total. The van der Waals surface area contributed by atoms with Crippen molar-refractivity contribution in [3.63, 3.8) is 0 Å². The SMILES string of the molecule is COc1cccc(NC(=O)[C@@H]2C(=O)CN(c3ccccc3)C2=O)c1. The number of carbonyl (C=O) groups is 3. The third-order valence-corrected chi connectivity index (χ3v) is 3.82. The number of benzene rings is 2. The number of ether oxygens (including phenoxy) is 1. The zero-order valence-corrected chi connectivity index (χ0v) is 13.1.